The summed E-state index contributed by atoms with van der Waals surface area (Å²) in [5.74, 6) is -1.19. The first-order chi connectivity index (χ1) is 30.6. The number of nitrogens with zero attached hydrogens (tertiary/aromatic N) is 1. The summed E-state index contributed by atoms with van der Waals surface area (Å²) in [6, 6.07) is 57.2. The van der Waals surface area contributed by atoms with Gasteiger partial charge in [-0.05, 0) is 72.9 Å². The molecule has 9 aromatic carbocycles. The van der Waals surface area contributed by atoms with Gasteiger partial charge in [-0.25, -0.2) is 0 Å². The number of likely N-dealkylation sites (tertiary alicyclic amines) is 1. The molecule has 1 saturated heterocycles. The van der Waals surface area contributed by atoms with Crippen LogP contribution in [0.2, 0.25) is 0 Å². The highest BCUT2D eigenvalue weighted by Crippen LogP contribution is 2.44. The molecule has 1 aliphatic rings. The molecule has 2 amide bonds. The van der Waals surface area contributed by atoms with Crippen LogP contribution in [0.25, 0.3) is 87.0 Å². The van der Waals surface area contributed by atoms with Crippen LogP contribution >= 0.6 is 16.5 Å². The summed E-state index contributed by atoms with van der Waals surface area (Å²) in [4.78, 5) is 30.5. The van der Waals surface area contributed by atoms with Gasteiger partial charge >= 0.3 is 16.5 Å². The first kappa shape index (κ1) is 36.7. The number of carbonyl (C=O) groups excluding carboxylic acids is 2. The third kappa shape index (κ3) is 6.09. The monoisotopic (exact) mass is 849 g/mol. The molecule has 62 heavy (non-hydrogen) atoms. The van der Waals surface area contributed by atoms with E-state index in [0.29, 0.717) is 22.3 Å². The summed E-state index contributed by atoms with van der Waals surface area (Å²) >= 11 is 0. The van der Waals surface area contributed by atoms with E-state index in [9.17, 15) is 9.59 Å². The standard InChI is InChI=1S/C51H33NO8P2/c53-50-48(59-61-55-40-26-22-32-14-4-8-18-36(32)44(40)45-37-19-9-5-15-33(37)23-27-41(45)56-61)49(51(54)52(50)30-31-12-2-1-3-13-31)60-62-57-42-28-24-34-16-6-10-20-38(34)46(42)47-39-21-11-7-17-35(39)25-29-43(47)58-62/h1-29,48-49H,30H2/t48-,49-/m1/s1. The van der Waals surface area contributed by atoms with E-state index < -0.39 is 40.5 Å². The summed E-state index contributed by atoms with van der Waals surface area (Å²) in [5.41, 5.74) is 2.85. The highest BCUT2D eigenvalue weighted by molar-refractivity contribution is 7.32. The molecule has 11 heteroatoms. The number of benzene rings is 9. The van der Waals surface area contributed by atoms with Crippen LogP contribution in [0.3, 0.4) is 0 Å². The SMILES string of the molecule is O=C1[C@H](Op2oc3ccc4ccccc4c3c3c(ccc4ccccc43)o2)[C@@H](Op2oc3ccc4ccccc4c3c3c(ccc4ccccc43)o2)C(=O)N1Cc1ccccc1. The van der Waals surface area contributed by atoms with Gasteiger partial charge in [0.05, 0.1) is 6.54 Å². The number of fused-ring (bicyclic) bond motifs is 14. The van der Waals surface area contributed by atoms with Crippen molar-refractivity contribution in [3.05, 3.63) is 181 Å². The molecule has 12 rings (SSSR count). The van der Waals surface area contributed by atoms with Crippen molar-refractivity contribution in [1.82, 2.24) is 4.90 Å². The molecule has 1 aliphatic heterocycles. The van der Waals surface area contributed by atoms with Gasteiger partial charge in [-0.15, -0.1) is 0 Å². The van der Waals surface area contributed by atoms with Crippen molar-refractivity contribution in [2.75, 3.05) is 0 Å². The van der Waals surface area contributed by atoms with Crippen LogP contribution in [-0.2, 0) is 16.1 Å². The minimum atomic E-state index is -2.35. The largest absolute Gasteiger partial charge is 0.399 e. The highest BCUT2D eigenvalue weighted by Gasteiger charge is 2.52. The van der Waals surface area contributed by atoms with Crippen LogP contribution in [0.4, 0.5) is 0 Å². The van der Waals surface area contributed by atoms with Crippen LogP contribution < -0.4 is 9.05 Å². The second-order valence-electron chi connectivity index (χ2n) is 15.3. The van der Waals surface area contributed by atoms with E-state index in [-0.39, 0.29) is 6.54 Å². The molecule has 2 atom stereocenters. The number of hydrogen-bond donors (Lipinski definition) is 0. The molecule has 9 nitrogen and oxygen atoms in total. The first-order valence-electron chi connectivity index (χ1n) is 20.2. The molecule has 0 aliphatic carbocycles. The van der Waals surface area contributed by atoms with Crippen molar-refractivity contribution in [3.8, 4) is 0 Å². The lowest BCUT2D eigenvalue weighted by atomic mass is 9.99. The Morgan fingerprint density at radius 3 is 1.03 bits per heavy atom. The Morgan fingerprint density at radius 2 is 0.694 bits per heavy atom. The smallest absolute Gasteiger partial charge is 0.388 e. The fourth-order valence-corrected chi connectivity index (χ4v) is 11.0. The maximum Gasteiger partial charge on any atom is 0.388 e. The second-order valence-corrected chi connectivity index (χ2v) is 17.3. The Morgan fingerprint density at radius 1 is 0.387 bits per heavy atom. The number of rotatable bonds is 6. The maximum atomic E-state index is 14.7. The lowest BCUT2D eigenvalue weighted by Gasteiger charge is -2.14. The van der Waals surface area contributed by atoms with Crippen molar-refractivity contribution in [1.29, 1.82) is 0 Å². The van der Waals surface area contributed by atoms with E-state index in [1.165, 1.54) is 0 Å². The van der Waals surface area contributed by atoms with Crippen molar-refractivity contribution in [3.63, 3.8) is 0 Å². The number of carbonyl (C=O) groups is 2. The van der Waals surface area contributed by atoms with Gasteiger partial charge in [-0.1, -0.05) is 152 Å². The number of hydrogen-bond acceptors (Lipinski definition) is 8. The molecule has 0 N–H and O–H groups in total. The second kappa shape index (κ2) is 14.8. The van der Waals surface area contributed by atoms with Gasteiger partial charge in [-0.2, -0.15) is 0 Å². The average molecular weight is 850 g/mol. The summed E-state index contributed by atoms with van der Waals surface area (Å²) in [6.07, 6.45) is -2.96. The molecule has 0 saturated carbocycles. The third-order valence-corrected chi connectivity index (χ3v) is 13.8. The summed E-state index contributed by atoms with van der Waals surface area (Å²) < 4.78 is 39.9. The third-order valence-electron chi connectivity index (χ3n) is 11.6. The zero-order valence-electron chi connectivity index (χ0n) is 32.7. The van der Waals surface area contributed by atoms with Crippen LogP contribution in [0.1, 0.15) is 5.56 Å². The van der Waals surface area contributed by atoms with Gasteiger partial charge in [0.1, 0.15) is 22.3 Å². The Hall–Kier alpha value is -7.12. The van der Waals surface area contributed by atoms with E-state index in [0.717, 1.165) is 75.1 Å². The van der Waals surface area contributed by atoms with Gasteiger partial charge in [0, 0.05) is 21.5 Å². The molecule has 0 radical (unpaired) electrons. The topological polar surface area (TPSA) is 108 Å². The molecule has 0 unspecified atom stereocenters. The van der Waals surface area contributed by atoms with E-state index >= 15 is 0 Å². The Balaban J connectivity index is 1.05. The van der Waals surface area contributed by atoms with Crippen molar-refractivity contribution < 1.29 is 35.4 Å². The van der Waals surface area contributed by atoms with E-state index in [1.807, 2.05) is 127 Å². The Kier molecular flexibility index (Phi) is 8.77. The van der Waals surface area contributed by atoms with Crippen molar-refractivity contribution >= 4 is 115 Å². The molecule has 2 aromatic heterocycles. The quantitative estimate of drug-likeness (QED) is 0.152. The van der Waals surface area contributed by atoms with Crippen LogP contribution in [0.5, 0.6) is 0 Å². The van der Waals surface area contributed by atoms with E-state index in [4.69, 9.17) is 25.8 Å². The molecular formula is C51H33NO8P2. The van der Waals surface area contributed by atoms with Gasteiger partial charge in [0.2, 0.25) is 0 Å². The lowest BCUT2D eigenvalue weighted by molar-refractivity contribution is -0.141. The fraction of sp³-hybridized carbons (Fsp3) is 0.0588. The summed E-state index contributed by atoms with van der Waals surface area (Å²) in [5, 5.41) is 11.4. The highest BCUT2D eigenvalue weighted by atomic mass is 31.1. The predicted octanol–water partition coefficient (Wildman–Crippen LogP) is 13.4. The molecule has 3 heterocycles. The fourth-order valence-electron chi connectivity index (χ4n) is 8.77. The lowest BCUT2D eigenvalue weighted by Crippen LogP contribution is -2.37. The van der Waals surface area contributed by atoms with Crippen molar-refractivity contribution in [2.24, 2.45) is 0 Å². The van der Waals surface area contributed by atoms with Gasteiger partial charge in [0.15, 0.2) is 12.2 Å². The van der Waals surface area contributed by atoms with E-state index in [1.54, 1.807) is 0 Å². The van der Waals surface area contributed by atoms with Crippen LogP contribution in [-0.4, -0.2) is 28.9 Å². The van der Waals surface area contributed by atoms with Gasteiger partial charge in [0.25, 0.3) is 11.8 Å². The summed E-state index contributed by atoms with van der Waals surface area (Å²) in [6.45, 7) is 0.00476. The van der Waals surface area contributed by atoms with Crippen molar-refractivity contribution in [2.45, 2.75) is 18.8 Å². The minimum Gasteiger partial charge on any atom is -0.399 e. The van der Waals surface area contributed by atoms with Gasteiger partial charge in [-0.3, -0.25) is 23.5 Å². The normalized spacial score (nSPS) is 15.6. The van der Waals surface area contributed by atoms with E-state index in [2.05, 4.69) is 48.5 Å². The molecule has 300 valence electrons. The van der Waals surface area contributed by atoms with Crippen LogP contribution in [0.15, 0.2) is 193 Å². The molecule has 0 spiro atoms. The molecular weight excluding hydrogens is 817 g/mol. The zero-order valence-corrected chi connectivity index (χ0v) is 34.5. The molecule has 0 bridgehead atoms. The average Bonchev–Trinajstić information content (AvgIpc) is 3.46. The number of amides is 2. The van der Waals surface area contributed by atoms with Crippen LogP contribution in [0, 0.1) is 0 Å². The zero-order chi connectivity index (χ0) is 41.3. The Bertz CT molecular complexity index is 3300. The Labute approximate surface area is 354 Å². The number of imide groups is 1. The molecule has 1 fully saturated rings. The first-order valence-corrected chi connectivity index (χ1v) is 22.4. The maximum absolute atomic E-state index is 14.7. The van der Waals surface area contributed by atoms with Gasteiger partial charge < -0.3 is 16.8 Å². The predicted molar refractivity (Wildman–Crippen MR) is 245 cm³/mol. The molecule has 11 aromatic rings. The summed E-state index contributed by atoms with van der Waals surface area (Å²) in [7, 11) is -4.70. The minimum absolute atomic E-state index is 0.00476.